The van der Waals surface area contributed by atoms with Crippen LogP contribution >= 0.6 is 11.6 Å². The van der Waals surface area contributed by atoms with Gasteiger partial charge in [0.1, 0.15) is 17.1 Å². The van der Waals surface area contributed by atoms with Crippen molar-refractivity contribution in [3.05, 3.63) is 35.3 Å². The number of nitrogens with one attached hydrogen (secondary N) is 2. The summed E-state index contributed by atoms with van der Waals surface area (Å²) in [6.45, 7) is 10.5. The van der Waals surface area contributed by atoms with Gasteiger partial charge in [0.05, 0.1) is 0 Å². The van der Waals surface area contributed by atoms with Gasteiger partial charge in [0.2, 0.25) is 5.91 Å². The Morgan fingerprint density at radius 3 is 2.79 bits per heavy atom. The first-order chi connectivity index (χ1) is 11.4. The fraction of sp³-hybridized carbons (Fsp3) is 0.632. The Balaban J connectivity index is 2.03. The normalized spacial score (nSPS) is 21.8. The number of allylic oxidation sites excluding steroid dienone is 2. The first kappa shape index (κ1) is 18.9. The number of carbonyl (C=O) groups is 1. The van der Waals surface area contributed by atoms with E-state index >= 15 is 0 Å². The predicted octanol–water partition coefficient (Wildman–Crippen LogP) is 4.21. The minimum absolute atomic E-state index is 0.0457. The van der Waals surface area contributed by atoms with E-state index in [4.69, 9.17) is 11.6 Å². The van der Waals surface area contributed by atoms with Crippen LogP contribution in [-0.4, -0.2) is 23.0 Å². The van der Waals surface area contributed by atoms with Crippen LogP contribution in [-0.2, 0) is 4.79 Å². The summed E-state index contributed by atoms with van der Waals surface area (Å²) in [5.74, 6) is 1.11. The molecule has 0 saturated heterocycles. The average molecular weight is 352 g/mol. The van der Waals surface area contributed by atoms with Gasteiger partial charge in [-0.05, 0) is 43.8 Å². The number of halogens is 1. The molecule has 0 aromatic heterocycles. The Morgan fingerprint density at radius 1 is 1.50 bits per heavy atom. The van der Waals surface area contributed by atoms with Crippen molar-refractivity contribution in [1.29, 1.82) is 0 Å². The Labute approximate surface area is 151 Å². The predicted molar refractivity (Wildman–Crippen MR) is 100 cm³/mol. The summed E-state index contributed by atoms with van der Waals surface area (Å²) in [4.78, 5) is 14.5. The van der Waals surface area contributed by atoms with Gasteiger partial charge >= 0.3 is 0 Å². The summed E-state index contributed by atoms with van der Waals surface area (Å²) in [6, 6.07) is 0.397. The zero-order chi connectivity index (χ0) is 17.7. The molecule has 1 heterocycles. The Hall–Kier alpha value is -1.42. The third-order valence-corrected chi connectivity index (χ3v) is 5.09. The summed E-state index contributed by atoms with van der Waals surface area (Å²) in [5.41, 5.74) is 1.17. The van der Waals surface area contributed by atoms with Crippen molar-refractivity contribution >= 4 is 17.5 Å². The van der Waals surface area contributed by atoms with E-state index in [-0.39, 0.29) is 12.1 Å². The van der Waals surface area contributed by atoms with Crippen molar-refractivity contribution in [2.75, 3.05) is 0 Å². The second-order valence-corrected chi connectivity index (χ2v) is 7.46. The van der Waals surface area contributed by atoms with E-state index in [0.29, 0.717) is 29.4 Å². The monoisotopic (exact) mass is 351 g/mol. The number of hydrogen-bond acceptors (Lipinski definition) is 3. The topological polar surface area (TPSA) is 44.4 Å². The molecule has 1 aliphatic carbocycles. The number of nitrogens with zero attached hydrogens (tertiary/aromatic N) is 1. The van der Waals surface area contributed by atoms with Gasteiger partial charge in [0, 0.05) is 12.5 Å². The molecule has 2 rings (SSSR count). The average Bonchev–Trinajstić information content (AvgIpc) is 2.45. The van der Waals surface area contributed by atoms with Crippen LogP contribution in [0.5, 0.6) is 0 Å². The number of amides is 1. The van der Waals surface area contributed by atoms with E-state index in [0.717, 1.165) is 25.7 Å². The van der Waals surface area contributed by atoms with Crippen LogP contribution in [0.3, 0.4) is 0 Å². The van der Waals surface area contributed by atoms with Gasteiger partial charge < -0.3 is 15.5 Å². The summed E-state index contributed by atoms with van der Waals surface area (Å²) < 4.78 is 0. The van der Waals surface area contributed by atoms with Crippen LogP contribution in [0, 0.1) is 5.92 Å². The second-order valence-electron chi connectivity index (χ2n) is 7.06. The molecule has 134 valence electrons. The Bertz CT molecular complexity index is 537. The van der Waals surface area contributed by atoms with Gasteiger partial charge in [-0.1, -0.05) is 50.9 Å². The van der Waals surface area contributed by atoms with Crippen LogP contribution in [0.1, 0.15) is 59.3 Å². The van der Waals surface area contributed by atoms with E-state index in [1.807, 2.05) is 12.2 Å². The molecule has 1 fully saturated rings. The maximum atomic E-state index is 12.3. The molecule has 1 aliphatic heterocycles. The second kappa shape index (κ2) is 8.61. The molecule has 2 N–H and O–H groups in total. The van der Waals surface area contributed by atoms with Crippen LogP contribution in [0.4, 0.5) is 0 Å². The summed E-state index contributed by atoms with van der Waals surface area (Å²) >= 11 is 6.16. The van der Waals surface area contributed by atoms with Gasteiger partial charge in [0.15, 0.2) is 0 Å². The molecule has 0 spiro atoms. The lowest BCUT2D eigenvalue weighted by Gasteiger charge is -2.46. The highest BCUT2D eigenvalue weighted by molar-refractivity contribution is 6.29. The van der Waals surface area contributed by atoms with Crippen molar-refractivity contribution in [2.24, 2.45) is 5.92 Å². The maximum absolute atomic E-state index is 12.3. The van der Waals surface area contributed by atoms with E-state index < -0.39 is 0 Å². The van der Waals surface area contributed by atoms with E-state index in [1.54, 1.807) is 0 Å². The van der Waals surface area contributed by atoms with Crippen molar-refractivity contribution in [1.82, 2.24) is 15.5 Å². The van der Waals surface area contributed by atoms with Crippen LogP contribution in [0.15, 0.2) is 35.3 Å². The van der Waals surface area contributed by atoms with Crippen molar-refractivity contribution < 1.29 is 4.79 Å². The van der Waals surface area contributed by atoms with Gasteiger partial charge in [-0.15, -0.1) is 0 Å². The number of carbonyl (C=O) groups excluding carboxylic acids is 1. The molecule has 0 radical (unpaired) electrons. The summed E-state index contributed by atoms with van der Waals surface area (Å²) in [6.07, 6.45) is 10.0. The minimum Gasteiger partial charge on any atom is -0.352 e. The molecule has 2 aliphatic rings. The molecular weight excluding hydrogens is 322 g/mol. The summed E-state index contributed by atoms with van der Waals surface area (Å²) in [7, 11) is 0. The zero-order valence-corrected chi connectivity index (χ0v) is 15.8. The van der Waals surface area contributed by atoms with Crippen LogP contribution in [0.2, 0.25) is 0 Å². The SMILES string of the molecule is C=C(NC(=O)CC(C)CCC)N(C1CCC1)C1NC(Cl)=CC=C1C. The van der Waals surface area contributed by atoms with Crippen molar-refractivity contribution in [3.63, 3.8) is 0 Å². The molecule has 0 aromatic carbocycles. The first-order valence-corrected chi connectivity index (χ1v) is 9.37. The lowest BCUT2D eigenvalue weighted by atomic mass is 9.90. The third-order valence-electron chi connectivity index (χ3n) is 4.86. The molecule has 1 amide bonds. The molecule has 2 unspecified atom stereocenters. The Kier molecular flexibility index (Phi) is 6.79. The van der Waals surface area contributed by atoms with Gasteiger partial charge in [-0.3, -0.25) is 4.79 Å². The van der Waals surface area contributed by atoms with Gasteiger partial charge in [0.25, 0.3) is 0 Å². The molecule has 2 atom stereocenters. The van der Waals surface area contributed by atoms with Gasteiger partial charge in [-0.25, -0.2) is 0 Å². The Morgan fingerprint density at radius 2 is 2.21 bits per heavy atom. The van der Waals surface area contributed by atoms with Crippen molar-refractivity contribution in [3.8, 4) is 0 Å². The minimum atomic E-state index is -0.0475. The number of hydrogen-bond donors (Lipinski definition) is 2. The highest BCUT2D eigenvalue weighted by Gasteiger charge is 2.33. The molecule has 5 heteroatoms. The fourth-order valence-electron chi connectivity index (χ4n) is 3.32. The lowest BCUT2D eigenvalue weighted by molar-refractivity contribution is -0.121. The first-order valence-electron chi connectivity index (χ1n) is 9.00. The highest BCUT2D eigenvalue weighted by atomic mass is 35.5. The number of dihydropyridines is 1. The molecular formula is C19H30ClN3O. The smallest absolute Gasteiger partial charge is 0.225 e. The molecule has 4 nitrogen and oxygen atoms in total. The van der Waals surface area contributed by atoms with Crippen LogP contribution < -0.4 is 10.6 Å². The molecule has 0 bridgehead atoms. The fourth-order valence-corrected chi connectivity index (χ4v) is 3.48. The third kappa shape index (κ3) is 4.79. The van der Waals surface area contributed by atoms with E-state index in [9.17, 15) is 4.79 Å². The molecule has 0 aromatic rings. The zero-order valence-electron chi connectivity index (χ0n) is 15.1. The molecule has 24 heavy (non-hydrogen) atoms. The number of rotatable bonds is 8. The summed E-state index contributed by atoms with van der Waals surface area (Å²) in [5, 5.41) is 6.93. The lowest BCUT2D eigenvalue weighted by Crippen LogP contribution is -2.55. The maximum Gasteiger partial charge on any atom is 0.225 e. The standard InChI is InChI=1S/C19H30ClN3O/c1-5-7-13(2)12-18(24)21-15(4)23(16-8-6-9-16)19-14(3)10-11-17(20)22-19/h10-11,13,16,19,22H,4-9,12H2,1-3H3,(H,21,24). The van der Waals surface area contributed by atoms with Crippen LogP contribution in [0.25, 0.3) is 0 Å². The molecule has 1 saturated carbocycles. The quantitative estimate of drug-likeness (QED) is 0.644. The largest absolute Gasteiger partial charge is 0.352 e. The highest BCUT2D eigenvalue weighted by Crippen LogP contribution is 2.31. The van der Waals surface area contributed by atoms with E-state index in [1.165, 1.54) is 12.0 Å². The van der Waals surface area contributed by atoms with Gasteiger partial charge in [-0.2, -0.15) is 0 Å². The van der Waals surface area contributed by atoms with E-state index in [2.05, 4.69) is 42.9 Å². The van der Waals surface area contributed by atoms with Crippen molar-refractivity contribution in [2.45, 2.75) is 71.5 Å².